The highest BCUT2D eigenvalue weighted by Gasteiger charge is 2.51. The largest absolute Gasteiger partial charge is 0.465 e. The Kier molecular flexibility index (Phi) is 9.02. The van der Waals surface area contributed by atoms with Gasteiger partial charge in [0.25, 0.3) is 0 Å². The Hall–Kier alpha value is -2.11. The van der Waals surface area contributed by atoms with E-state index in [0.717, 1.165) is 55.2 Å². The van der Waals surface area contributed by atoms with E-state index < -0.39 is 11.6 Å². The number of nitrogens with zero attached hydrogens (tertiary/aromatic N) is 4. The lowest BCUT2D eigenvalue weighted by Gasteiger charge is -2.55. The summed E-state index contributed by atoms with van der Waals surface area (Å²) in [7, 11) is 0. The second-order valence-corrected chi connectivity index (χ2v) is 15.2. The lowest BCUT2D eigenvalue weighted by molar-refractivity contribution is -0.121. The van der Waals surface area contributed by atoms with Gasteiger partial charge in [-0.2, -0.15) is 0 Å². The topological polar surface area (TPSA) is 112 Å². The molecular formula is C28H43N5O4S2. The summed E-state index contributed by atoms with van der Waals surface area (Å²) >= 11 is 3.06. The number of hydrogen-bond acceptors (Lipinski definition) is 8. The van der Waals surface area contributed by atoms with Gasteiger partial charge in [0.05, 0.1) is 27.9 Å². The molecule has 2 aliphatic rings. The number of rotatable bonds is 7. The second kappa shape index (κ2) is 11.8. The van der Waals surface area contributed by atoms with Crippen LogP contribution in [0.3, 0.4) is 0 Å². The van der Waals surface area contributed by atoms with E-state index >= 15 is 0 Å². The average molecular weight is 578 g/mol. The zero-order valence-electron chi connectivity index (χ0n) is 24.1. The predicted octanol–water partition coefficient (Wildman–Crippen LogP) is 6.32. The Labute approximate surface area is 240 Å². The Bertz CT molecular complexity index is 1140. The normalized spacial score (nSPS) is 21.7. The van der Waals surface area contributed by atoms with Crippen LogP contribution >= 0.6 is 23.1 Å². The lowest BCUT2D eigenvalue weighted by Crippen LogP contribution is -2.66. The molecule has 2 saturated heterocycles. The number of carboxylic acid groups (broad SMARTS) is 1. The Morgan fingerprint density at radius 1 is 1.13 bits per heavy atom. The van der Waals surface area contributed by atoms with Crippen molar-refractivity contribution >= 4 is 40.2 Å². The number of carbonyl (C=O) groups is 2. The molecule has 9 nitrogen and oxygen atoms in total. The molecule has 0 radical (unpaired) electrons. The van der Waals surface area contributed by atoms with Crippen molar-refractivity contribution in [1.82, 2.24) is 19.8 Å². The first-order valence-electron chi connectivity index (χ1n) is 13.9. The van der Waals surface area contributed by atoms with E-state index in [1.54, 1.807) is 29.1 Å². The molecule has 216 valence electrons. The SMILES string of the molecule is CC(C)(C)c1cnc(CSc2cnc(NC(=O)C3CCN(CC4(C(C)(C)C)CCCCN4C(=O)O)CC3)s2)o1. The van der Waals surface area contributed by atoms with Crippen LogP contribution in [-0.2, 0) is 16.0 Å². The van der Waals surface area contributed by atoms with Crippen LogP contribution in [-0.4, -0.2) is 68.6 Å². The quantitative estimate of drug-likeness (QED) is 0.368. The van der Waals surface area contributed by atoms with Gasteiger partial charge in [-0.15, -0.1) is 11.8 Å². The maximum Gasteiger partial charge on any atom is 0.407 e. The van der Waals surface area contributed by atoms with Gasteiger partial charge in [-0.05, 0) is 50.6 Å². The minimum Gasteiger partial charge on any atom is -0.465 e. The number of likely N-dealkylation sites (tertiary alicyclic amines) is 2. The van der Waals surface area contributed by atoms with Gasteiger partial charge in [0, 0.05) is 24.4 Å². The number of thiazole rings is 1. The van der Waals surface area contributed by atoms with Gasteiger partial charge in [-0.3, -0.25) is 4.79 Å². The summed E-state index contributed by atoms with van der Waals surface area (Å²) in [6.07, 6.45) is 7.10. The van der Waals surface area contributed by atoms with Crippen LogP contribution in [0.15, 0.2) is 21.0 Å². The molecule has 2 N–H and O–H groups in total. The highest BCUT2D eigenvalue weighted by atomic mass is 32.2. The number of oxazole rings is 1. The van der Waals surface area contributed by atoms with Gasteiger partial charge in [0.2, 0.25) is 11.8 Å². The van der Waals surface area contributed by atoms with Crippen LogP contribution < -0.4 is 5.32 Å². The molecule has 2 aromatic heterocycles. The van der Waals surface area contributed by atoms with Crippen LogP contribution in [0.25, 0.3) is 0 Å². The highest BCUT2D eigenvalue weighted by molar-refractivity contribution is 8.00. The molecule has 0 saturated carbocycles. The third-order valence-corrected chi connectivity index (χ3v) is 10.2. The molecule has 2 aromatic rings. The number of carbonyl (C=O) groups excluding carboxylic acids is 1. The summed E-state index contributed by atoms with van der Waals surface area (Å²) in [5.74, 6) is 2.10. The molecule has 0 aromatic carbocycles. The number of hydrogen-bond donors (Lipinski definition) is 2. The van der Waals surface area contributed by atoms with Gasteiger partial charge in [-0.1, -0.05) is 52.9 Å². The molecular weight excluding hydrogens is 534 g/mol. The first-order valence-corrected chi connectivity index (χ1v) is 15.7. The van der Waals surface area contributed by atoms with E-state index in [1.165, 1.54) is 11.3 Å². The summed E-state index contributed by atoms with van der Waals surface area (Å²) in [5.41, 5.74) is -0.667. The zero-order valence-corrected chi connectivity index (χ0v) is 25.7. The summed E-state index contributed by atoms with van der Waals surface area (Å²) in [4.78, 5) is 38.0. The van der Waals surface area contributed by atoms with Crippen molar-refractivity contribution < 1.29 is 19.1 Å². The van der Waals surface area contributed by atoms with Gasteiger partial charge in [0.1, 0.15) is 5.76 Å². The van der Waals surface area contributed by atoms with E-state index in [4.69, 9.17) is 4.42 Å². The molecule has 39 heavy (non-hydrogen) atoms. The Morgan fingerprint density at radius 2 is 1.85 bits per heavy atom. The molecule has 1 unspecified atom stereocenters. The minimum absolute atomic E-state index is 0.0124. The zero-order chi connectivity index (χ0) is 28.4. The van der Waals surface area contributed by atoms with Crippen LogP contribution in [0.5, 0.6) is 0 Å². The minimum atomic E-state index is -0.824. The smallest absolute Gasteiger partial charge is 0.407 e. The van der Waals surface area contributed by atoms with E-state index in [9.17, 15) is 14.7 Å². The average Bonchev–Trinajstić information content (AvgIpc) is 3.52. The maximum atomic E-state index is 13.0. The van der Waals surface area contributed by atoms with Crippen molar-refractivity contribution in [3.8, 4) is 0 Å². The maximum absolute atomic E-state index is 13.0. The number of aromatic nitrogens is 2. The van der Waals surface area contributed by atoms with E-state index in [0.29, 0.717) is 29.9 Å². The lowest BCUT2D eigenvalue weighted by atomic mass is 9.67. The summed E-state index contributed by atoms with van der Waals surface area (Å²) in [6.45, 7) is 15.6. The fourth-order valence-corrected chi connectivity index (χ4v) is 7.40. The fraction of sp³-hybridized carbons (Fsp3) is 0.714. The molecule has 0 bridgehead atoms. The molecule has 1 atom stereocenters. The monoisotopic (exact) mass is 577 g/mol. The van der Waals surface area contributed by atoms with Gasteiger partial charge in [0.15, 0.2) is 5.13 Å². The number of nitrogens with one attached hydrogen (secondary N) is 1. The number of anilines is 1. The van der Waals surface area contributed by atoms with Gasteiger partial charge in [-0.25, -0.2) is 14.8 Å². The molecule has 11 heteroatoms. The molecule has 4 heterocycles. The standard InChI is InChI=1S/C28H43N5O4S2/c1-26(2,3)20-15-29-21(37-20)17-38-22-16-30-24(39-22)31-23(34)19-9-13-32(14-10-19)18-28(27(4,5)6)11-7-8-12-33(28)25(35)36/h15-16,19H,7-14,17-18H2,1-6H3,(H,35,36)(H,30,31,34). The van der Waals surface area contributed by atoms with Crippen LogP contribution in [0.4, 0.5) is 9.93 Å². The van der Waals surface area contributed by atoms with Crippen molar-refractivity contribution in [1.29, 1.82) is 0 Å². The molecule has 2 fully saturated rings. The first-order chi connectivity index (χ1) is 18.3. The van der Waals surface area contributed by atoms with Crippen LogP contribution in [0.2, 0.25) is 0 Å². The third kappa shape index (κ3) is 6.97. The van der Waals surface area contributed by atoms with Crippen molar-refractivity contribution in [2.24, 2.45) is 11.3 Å². The molecule has 4 rings (SSSR count). The highest BCUT2D eigenvalue weighted by Crippen LogP contribution is 2.44. The van der Waals surface area contributed by atoms with E-state index in [-0.39, 0.29) is 22.7 Å². The van der Waals surface area contributed by atoms with Gasteiger partial charge < -0.3 is 24.6 Å². The fourth-order valence-electron chi connectivity index (χ4n) is 5.67. The van der Waals surface area contributed by atoms with E-state index in [1.807, 2.05) is 0 Å². The van der Waals surface area contributed by atoms with E-state index in [2.05, 4.69) is 61.7 Å². The van der Waals surface area contributed by atoms with Crippen molar-refractivity contribution in [2.45, 2.75) is 94.6 Å². The third-order valence-electron chi connectivity index (χ3n) is 8.15. The van der Waals surface area contributed by atoms with Crippen molar-refractivity contribution in [2.75, 3.05) is 31.5 Å². The molecule has 2 amide bonds. The second-order valence-electron chi connectivity index (χ2n) is 12.9. The number of amides is 2. The van der Waals surface area contributed by atoms with Crippen molar-refractivity contribution in [3.05, 3.63) is 24.0 Å². The molecule has 2 aliphatic heterocycles. The first kappa shape index (κ1) is 29.9. The number of piperidine rings is 2. The summed E-state index contributed by atoms with van der Waals surface area (Å²) in [6, 6.07) is 0. The van der Waals surface area contributed by atoms with Crippen LogP contribution in [0.1, 0.15) is 85.3 Å². The summed E-state index contributed by atoms with van der Waals surface area (Å²) in [5, 5.41) is 13.6. The van der Waals surface area contributed by atoms with Gasteiger partial charge >= 0.3 is 6.09 Å². The van der Waals surface area contributed by atoms with Crippen LogP contribution in [0, 0.1) is 11.3 Å². The molecule has 0 spiro atoms. The predicted molar refractivity (Wildman–Crippen MR) is 155 cm³/mol. The Morgan fingerprint density at radius 3 is 2.46 bits per heavy atom. The summed E-state index contributed by atoms with van der Waals surface area (Å²) < 4.78 is 6.86. The Balaban J connectivity index is 1.28. The molecule has 0 aliphatic carbocycles. The van der Waals surface area contributed by atoms with Crippen molar-refractivity contribution in [3.63, 3.8) is 0 Å². The number of thioether (sulfide) groups is 1.